The zero-order valence-corrected chi connectivity index (χ0v) is 8.05. The number of hydrogen-bond acceptors (Lipinski definition) is 2. The molecule has 0 spiro atoms. The van der Waals surface area contributed by atoms with Gasteiger partial charge in [0, 0.05) is 25.4 Å². The van der Waals surface area contributed by atoms with Crippen molar-refractivity contribution >= 4 is 11.7 Å². The Morgan fingerprint density at radius 1 is 1.69 bits per heavy atom. The van der Waals surface area contributed by atoms with E-state index in [4.69, 9.17) is 11.1 Å². The number of hydrogen-bond donors (Lipinski definition) is 2. The molecule has 0 saturated carbocycles. The molecule has 13 heavy (non-hydrogen) atoms. The smallest absolute Gasteiger partial charge is 0.222 e. The zero-order valence-electron chi connectivity index (χ0n) is 8.05. The summed E-state index contributed by atoms with van der Waals surface area (Å²) in [5.74, 6) is 0.476. The summed E-state index contributed by atoms with van der Waals surface area (Å²) in [5.41, 5.74) is 5.42. The topological polar surface area (TPSA) is 70.2 Å². The van der Waals surface area contributed by atoms with Crippen LogP contribution in [0, 0.1) is 11.3 Å². The van der Waals surface area contributed by atoms with Crippen molar-refractivity contribution in [2.24, 2.45) is 11.7 Å². The van der Waals surface area contributed by atoms with E-state index in [1.54, 1.807) is 0 Å². The van der Waals surface area contributed by atoms with Crippen LogP contribution < -0.4 is 5.73 Å². The molecule has 0 aromatic heterocycles. The highest BCUT2D eigenvalue weighted by Gasteiger charge is 2.24. The summed E-state index contributed by atoms with van der Waals surface area (Å²) in [5, 5.41) is 7.32. The minimum Gasteiger partial charge on any atom is -0.387 e. The molecule has 0 unspecified atom stereocenters. The van der Waals surface area contributed by atoms with E-state index in [9.17, 15) is 4.79 Å². The van der Waals surface area contributed by atoms with Gasteiger partial charge in [0.15, 0.2) is 0 Å². The summed E-state index contributed by atoms with van der Waals surface area (Å²) in [4.78, 5) is 13.2. The molecule has 0 radical (unpaired) electrons. The maximum atomic E-state index is 11.3. The second-order valence-corrected chi connectivity index (χ2v) is 3.49. The number of carbonyl (C=O) groups is 1. The Balaban J connectivity index is 2.51. The highest BCUT2D eigenvalue weighted by atomic mass is 16.2. The third kappa shape index (κ3) is 2.44. The molecule has 4 heteroatoms. The lowest BCUT2D eigenvalue weighted by molar-refractivity contribution is -0.132. The Labute approximate surface area is 78.6 Å². The van der Waals surface area contributed by atoms with Gasteiger partial charge in [-0.25, -0.2) is 0 Å². The quantitative estimate of drug-likeness (QED) is 0.485. The predicted octanol–water partition coefficient (Wildman–Crippen LogP) is 0.571. The molecule has 1 atom stereocenters. The number of nitrogens with one attached hydrogen (secondary N) is 1. The first-order valence-corrected chi connectivity index (χ1v) is 4.76. The Bertz CT molecular complexity index is 215. The second-order valence-electron chi connectivity index (χ2n) is 3.49. The van der Waals surface area contributed by atoms with Gasteiger partial charge in [-0.3, -0.25) is 10.2 Å². The average molecular weight is 183 g/mol. The maximum absolute atomic E-state index is 11.3. The number of rotatable bonds is 2. The molecule has 4 nitrogen and oxygen atoms in total. The van der Waals surface area contributed by atoms with Gasteiger partial charge in [-0.05, 0) is 12.8 Å². The first kappa shape index (κ1) is 10.0. The fraction of sp³-hybridized carbons (Fsp3) is 0.778. The van der Waals surface area contributed by atoms with E-state index in [-0.39, 0.29) is 17.7 Å². The van der Waals surface area contributed by atoms with Gasteiger partial charge < -0.3 is 10.6 Å². The number of nitrogens with two attached hydrogens (primary N) is 1. The molecular weight excluding hydrogens is 166 g/mol. The summed E-state index contributed by atoms with van der Waals surface area (Å²) < 4.78 is 0. The summed E-state index contributed by atoms with van der Waals surface area (Å²) in [7, 11) is 0. The van der Waals surface area contributed by atoms with E-state index in [1.807, 2.05) is 11.8 Å². The third-order valence-corrected chi connectivity index (χ3v) is 2.52. The second kappa shape index (κ2) is 4.25. The van der Waals surface area contributed by atoms with Crippen LogP contribution in [0.4, 0.5) is 0 Å². The molecule has 1 aliphatic rings. The van der Waals surface area contributed by atoms with Crippen molar-refractivity contribution in [3.8, 4) is 0 Å². The molecule has 1 amide bonds. The van der Waals surface area contributed by atoms with Crippen molar-refractivity contribution < 1.29 is 4.79 Å². The molecule has 0 aromatic rings. The molecule has 74 valence electrons. The van der Waals surface area contributed by atoms with Gasteiger partial charge in [0.1, 0.15) is 0 Å². The third-order valence-electron chi connectivity index (χ3n) is 2.52. The summed E-state index contributed by atoms with van der Waals surface area (Å²) in [6.07, 6.45) is 2.46. The van der Waals surface area contributed by atoms with Crippen molar-refractivity contribution in [3.63, 3.8) is 0 Å². The fourth-order valence-electron chi connectivity index (χ4n) is 1.68. The lowest BCUT2D eigenvalue weighted by Crippen LogP contribution is -2.43. The van der Waals surface area contributed by atoms with Crippen LogP contribution in [0.25, 0.3) is 0 Å². The molecule has 1 rings (SSSR count). The molecule has 1 fully saturated rings. The Morgan fingerprint density at radius 2 is 2.38 bits per heavy atom. The monoisotopic (exact) mass is 183 g/mol. The number of amidine groups is 1. The van der Waals surface area contributed by atoms with Crippen molar-refractivity contribution in [1.82, 2.24) is 4.90 Å². The van der Waals surface area contributed by atoms with E-state index < -0.39 is 0 Å². The van der Waals surface area contributed by atoms with Crippen molar-refractivity contribution in [3.05, 3.63) is 0 Å². The Hall–Kier alpha value is -1.06. The minimum absolute atomic E-state index is 0.0873. The molecule has 0 bridgehead atoms. The summed E-state index contributed by atoms with van der Waals surface area (Å²) in [6, 6.07) is 0. The van der Waals surface area contributed by atoms with E-state index in [0.29, 0.717) is 13.0 Å². The van der Waals surface area contributed by atoms with Crippen LogP contribution in [-0.4, -0.2) is 29.7 Å². The normalized spacial score (nSPS) is 22.8. The van der Waals surface area contributed by atoms with Crippen molar-refractivity contribution in [2.75, 3.05) is 13.1 Å². The van der Waals surface area contributed by atoms with Gasteiger partial charge in [0.25, 0.3) is 0 Å². The Morgan fingerprint density at radius 3 is 2.92 bits per heavy atom. The van der Waals surface area contributed by atoms with Crippen LogP contribution in [0.15, 0.2) is 0 Å². The lowest BCUT2D eigenvalue weighted by atomic mass is 9.97. The van der Waals surface area contributed by atoms with Crippen LogP contribution >= 0.6 is 0 Å². The molecule has 0 aromatic carbocycles. The number of nitrogens with zero attached hydrogens (tertiary/aromatic N) is 1. The highest BCUT2D eigenvalue weighted by Crippen LogP contribution is 2.16. The van der Waals surface area contributed by atoms with Gasteiger partial charge >= 0.3 is 0 Å². The summed E-state index contributed by atoms with van der Waals surface area (Å²) >= 11 is 0. The largest absolute Gasteiger partial charge is 0.387 e. The molecule has 1 heterocycles. The van der Waals surface area contributed by atoms with Crippen LogP contribution in [0.5, 0.6) is 0 Å². The van der Waals surface area contributed by atoms with Gasteiger partial charge in [-0.15, -0.1) is 0 Å². The van der Waals surface area contributed by atoms with E-state index in [2.05, 4.69) is 0 Å². The van der Waals surface area contributed by atoms with E-state index >= 15 is 0 Å². The van der Waals surface area contributed by atoms with Crippen LogP contribution in [0.3, 0.4) is 0 Å². The minimum atomic E-state index is 0.0873. The van der Waals surface area contributed by atoms with Gasteiger partial charge in [-0.1, -0.05) is 6.92 Å². The van der Waals surface area contributed by atoms with E-state index in [0.717, 1.165) is 19.4 Å². The standard InChI is InChI=1S/C9H17N3O/c1-2-8(13)12-5-3-4-7(6-12)9(10)11/h7H,2-6H2,1H3,(H3,10,11)/t7-/m0/s1. The predicted molar refractivity (Wildman–Crippen MR) is 51.5 cm³/mol. The highest BCUT2D eigenvalue weighted by molar-refractivity contribution is 5.81. The van der Waals surface area contributed by atoms with Gasteiger partial charge in [0.2, 0.25) is 5.91 Å². The fourth-order valence-corrected chi connectivity index (χ4v) is 1.68. The molecule has 3 N–H and O–H groups in total. The number of amides is 1. The van der Waals surface area contributed by atoms with Gasteiger partial charge in [-0.2, -0.15) is 0 Å². The first-order chi connectivity index (χ1) is 6.15. The number of carbonyl (C=O) groups excluding carboxylic acids is 1. The number of piperidine rings is 1. The average Bonchev–Trinajstić information content (AvgIpc) is 2.17. The molecule has 0 aliphatic carbocycles. The molecule has 1 saturated heterocycles. The summed E-state index contributed by atoms with van der Waals surface area (Å²) in [6.45, 7) is 3.33. The first-order valence-electron chi connectivity index (χ1n) is 4.76. The SMILES string of the molecule is CCC(=O)N1CCC[C@H](C(=N)N)C1. The molecular formula is C9H17N3O. The zero-order chi connectivity index (χ0) is 9.84. The van der Waals surface area contributed by atoms with Gasteiger partial charge in [0.05, 0.1) is 5.84 Å². The van der Waals surface area contributed by atoms with Crippen molar-refractivity contribution in [2.45, 2.75) is 26.2 Å². The molecule has 1 aliphatic heterocycles. The van der Waals surface area contributed by atoms with Crippen LogP contribution in [0.2, 0.25) is 0 Å². The van der Waals surface area contributed by atoms with E-state index in [1.165, 1.54) is 0 Å². The van der Waals surface area contributed by atoms with Crippen LogP contribution in [-0.2, 0) is 4.79 Å². The lowest BCUT2D eigenvalue weighted by Gasteiger charge is -2.31. The van der Waals surface area contributed by atoms with Crippen molar-refractivity contribution in [1.29, 1.82) is 5.41 Å². The number of likely N-dealkylation sites (tertiary alicyclic amines) is 1. The maximum Gasteiger partial charge on any atom is 0.222 e. The Kier molecular flexibility index (Phi) is 3.28. The van der Waals surface area contributed by atoms with Crippen LogP contribution in [0.1, 0.15) is 26.2 Å².